The highest BCUT2D eigenvalue weighted by Gasteiger charge is 2.14. The Morgan fingerprint density at radius 2 is 2.14 bits per heavy atom. The number of aromatic nitrogens is 2. The molecule has 0 amide bonds. The van der Waals surface area contributed by atoms with E-state index in [2.05, 4.69) is 22.1 Å². The lowest BCUT2D eigenvalue weighted by molar-refractivity contribution is 0.101. The molecule has 0 unspecified atom stereocenters. The second kappa shape index (κ2) is 5.91. The van der Waals surface area contributed by atoms with Gasteiger partial charge in [-0.05, 0) is 45.9 Å². The van der Waals surface area contributed by atoms with Crippen molar-refractivity contribution in [3.63, 3.8) is 0 Å². The van der Waals surface area contributed by atoms with E-state index in [9.17, 15) is 4.79 Å². The van der Waals surface area contributed by atoms with Crippen molar-refractivity contribution in [2.24, 2.45) is 5.10 Å². The Bertz CT molecular complexity index is 686. The van der Waals surface area contributed by atoms with E-state index < -0.39 is 0 Å². The Hall–Kier alpha value is -2.43. The lowest BCUT2D eigenvalue weighted by Gasteiger charge is -2.14. The number of nitrogens with one attached hydrogen (secondary N) is 1. The number of ketones is 1. The van der Waals surface area contributed by atoms with Crippen LogP contribution < -0.4 is 5.32 Å². The van der Waals surface area contributed by atoms with Gasteiger partial charge >= 0.3 is 0 Å². The summed E-state index contributed by atoms with van der Waals surface area (Å²) in [6.45, 7) is 11.1. The van der Waals surface area contributed by atoms with E-state index >= 15 is 0 Å². The number of hydrogen-bond acceptors (Lipinski definition) is 4. The maximum absolute atomic E-state index is 11.7. The van der Waals surface area contributed by atoms with Gasteiger partial charge in [0, 0.05) is 30.3 Å². The lowest BCUT2D eigenvalue weighted by atomic mass is 10.1. The van der Waals surface area contributed by atoms with Crippen molar-refractivity contribution in [2.75, 3.05) is 5.32 Å². The molecule has 110 valence electrons. The van der Waals surface area contributed by atoms with Gasteiger partial charge in [0.15, 0.2) is 5.78 Å². The average molecular weight is 284 g/mol. The van der Waals surface area contributed by atoms with Crippen molar-refractivity contribution in [1.82, 2.24) is 9.66 Å². The van der Waals surface area contributed by atoms with Crippen molar-refractivity contribution >= 4 is 18.2 Å². The first-order valence-electron chi connectivity index (χ1n) is 6.87. The molecule has 1 N–H and O–H groups in total. The second-order valence-electron chi connectivity index (χ2n) is 5.28. The summed E-state index contributed by atoms with van der Waals surface area (Å²) in [6, 6.07) is 6.01. The SMILES string of the molecule is C=Nn1c(C)ccc1-c1cc(NC(C)C)c(C(C)=O)cn1. The quantitative estimate of drug-likeness (QED) is 0.676. The van der Waals surface area contributed by atoms with Gasteiger partial charge in [0.25, 0.3) is 0 Å². The van der Waals surface area contributed by atoms with Gasteiger partial charge in [-0.2, -0.15) is 5.10 Å². The number of carbonyl (C=O) groups excluding carboxylic acids is 1. The van der Waals surface area contributed by atoms with E-state index in [4.69, 9.17) is 0 Å². The maximum atomic E-state index is 11.7. The van der Waals surface area contributed by atoms with Crippen LogP contribution in [0.1, 0.15) is 36.8 Å². The third-order valence-electron chi connectivity index (χ3n) is 3.18. The minimum atomic E-state index is -0.00870. The summed E-state index contributed by atoms with van der Waals surface area (Å²) in [6.07, 6.45) is 1.61. The number of Topliss-reactive ketones (excluding diaryl/α,β-unsaturated/α-hetero) is 1. The minimum absolute atomic E-state index is 0.00870. The average Bonchev–Trinajstić information content (AvgIpc) is 2.78. The van der Waals surface area contributed by atoms with Crippen LogP contribution in [0.25, 0.3) is 11.4 Å². The fourth-order valence-corrected chi connectivity index (χ4v) is 2.22. The van der Waals surface area contributed by atoms with Crippen LogP contribution in [-0.4, -0.2) is 28.2 Å². The first-order chi connectivity index (χ1) is 9.93. The summed E-state index contributed by atoms with van der Waals surface area (Å²) in [5, 5.41) is 7.29. The van der Waals surface area contributed by atoms with Gasteiger partial charge in [-0.3, -0.25) is 9.78 Å². The minimum Gasteiger partial charge on any atom is -0.382 e. The molecule has 0 saturated heterocycles. The summed E-state index contributed by atoms with van der Waals surface area (Å²) >= 11 is 0. The number of pyridine rings is 1. The second-order valence-corrected chi connectivity index (χ2v) is 5.28. The molecule has 0 fully saturated rings. The van der Waals surface area contributed by atoms with Gasteiger partial charge in [-0.25, -0.2) is 4.68 Å². The van der Waals surface area contributed by atoms with Crippen LogP contribution in [0.5, 0.6) is 0 Å². The zero-order valence-electron chi connectivity index (χ0n) is 12.8. The van der Waals surface area contributed by atoms with Crippen molar-refractivity contribution in [1.29, 1.82) is 0 Å². The fraction of sp³-hybridized carbons (Fsp3) is 0.312. The molecular weight excluding hydrogens is 264 g/mol. The standard InChI is InChI=1S/C16H20N4O/c1-10(2)19-14-8-15(18-9-13(14)12(4)21)16-7-6-11(3)20(16)17-5/h6-10H,5H2,1-4H3,(H,18,19). The number of hydrogen-bond donors (Lipinski definition) is 1. The summed E-state index contributed by atoms with van der Waals surface area (Å²) in [4.78, 5) is 16.1. The Morgan fingerprint density at radius 1 is 1.43 bits per heavy atom. The molecule has 0 atom stereocenters. The molecule has 2 heterocycles. The van der Waals surface area contributed by atoms with Crippen molar-refractivity contribution in [2.45, 2.75) is 33.7 Å². The van der Waals surface area contributed by atoms with Crippen LogP contribution in [0, 0.1) is 6.92 Å². The summed E-state index contributed by atoms with van der Waals surface area (Å²) in [5.74, 6) is -0.00870. The van der Waals surface area contributed by atoms with E-state index in [1.54, 1.807) is 17.8 Å². The first-order valence-corrected chi connectivity index (χ1v) is 6.87. The normalized spacial score (nSPS) is 10.7. The van der Waals surface area contributed by atoms with Crippen molar-refractivity contribution < 1.29 is 4.79 Å². The molecule has 0 spiro atoms. The largest absolute Gasteiger partial charge is 0.382 e. The highest BCUT2D eigenvalue weighted by Crippen LogP contribution is 2.26. The van der Waals surface area contributed by atoms with Crippen molar-refractivity contribution in [3.8, 4) is 11.4 Å². The third-order valence-corrected chi connectivity index (χ3v) is 3.18. The van der Waals surface area contributed by atoms with Crippen molar-refractivity contribution in [3.05, 3.63) is 35.7 Å². The van der Waals surface area contributed by atoms with Gasteiger partial charge in [-0.1, -0.05) is 0 Å². The molecule has 0 aromatic carbocycles. The van der Waals surface area contributed by atoms with Crippen LogP contribution in [-0.2, 0) is 0 Å². The zero-order chi connectivity index (χ0) is 15.6. The number of aryl methyl sites for hydroxylation is 1. The van der Waals surface area contributed by atoms with Gasteiger partial charge in [-0.15, -0.1) is 0 Å². The topological polar surface area (TPSA) is 59.3 Å². The monoisotopic (exact) mass is 284 g/mol. The highest BCUT2D eigenvalue weighted by molar-refractivity contribution is 5.99. The predicted molar refractivity (Wildman–Crippen MR) is 86.1 cm³/mol. The maximum Gasteiger partial charge on any atom is 0.163 e. The van der Waals surface area contributed by atoms with Crippen LogP contribution in [0.15, 0.2) is 29.5 Å². The Morgan fingerprint density at radius 3 is 2.71 bits per heavy atom. The van der Waals surface area contributed by atoms with E-state index in [1.165, 1.54) is 0 Å². The van der Waals surface area contributed by atoms with E-state index in [-0.39, 0.29) is 11.8 Å². The first kappa shape index (κ1) is 15.0. The molecule has 0 aliphatic heterocycles. The molecule has 0 saturated carbocycles. The van der Waals surface area contributed by atoms with Gasteiger partial charge in [0.05, 0.1) is 17.0 Å². The molecule has 21 heavy (non-hydrogen) atoms. The molecular formula is C16H20N4O. The van der Waals surface area contributed by atoms with Crippen LogP contribution in [0.2, 0.25) is 0 Å². The lowest BCUT2D eigenvalue weighted by Crippen LogP contribution is -2.13. The molecule has 0 aliphatic rings. The molecule has 0 radical (unpaired) electrons. The van der Waals surface area contributed by atoms with E-state index in [1.807, 2.05) is 39.0 Å². The fourth-order valence-electron chi connectivity index (χ4n) is 2.22. The predicted octanol–water partition coefficient (Wildman–Crippen LogP) is 3.35. The van der Waals surface area contributed by atoms with Gasteiger partial charge < -0.3 is 5.32 Å². The molecule has 0 aliphatic carbocycles. The smallest absolute Gasteiger partial charge is 0.163 e. The molecule has 2 aromatic rings. The van der Waals surface area contributed by atoms with Gasteiger partial charge in [0.2, 0.25) is 0 Å². The Kier molecular flexibility index (Phi) is 4.21. The molecule has 5 nitrogen and oxygen atoms in total. The van der Waals surface area contributed by atoms with Gasteiger partial charge in [0.1, 0.15) is 0 Å². The van der Waals surface area contributed by atoms with E-state index in [0.717, 1.165) is 22.8 Å². The molecule has 2 aromatic heterocycles. The number of anilines is 1. The van der Waals surface area contributed by atoms with Crippen LogP contribution in [0.4, 0.5) is 5.69 Å². The molecule has 5 heteroatoms. The number of carbonyl (C=O) groups is 1. The van der Waals surface area contributed by atoms with Crippen LogP contribution >= 0.6 is 0 Å². The Labute approximate surface area is 124 Å². The summed E-state index contributed by atoms with van der Waals surface area (Å²) < 4.78 is 1.73. The van der Waals surface area contributed by atoms with Crippen LogP contribution in [0.3, 0.4) is 0 Å². The zero-order valence-corrected chi connectivity index (χ0v) is 12.8. The number of nitrogens with zero attached hydrogens (tertiary/aromatic N) is 3. The Balaban J connectivity index is 2.55. The number of rotatable bonds is 5. The summed E-state index contributed by atoms with van der Waals surface area (Å²) in [5.41, 5.74) is 3.97. The summed E-state index contributed by atoms with van der Waals surface area (Å²) in [7, 11) is 0. The third kappa shape index (κ3) is 3.02. The molecule has 2 rings (SSSR count). The highest BCUT2D eigenvalue weighted by atomic mass is 16.1. The molecule has 0 bridgehead atoms. The van der Waals surface area contributed by atoms with E-state index in [0.29, 0.717) is 5.56 Å².